The number of esters is 1. The van der Waals surface area contributed by atoms with Crippen LogP contribution in [0.3, 0.4) is 0 Å². The number of aliphatic hydroxyl groups is 1. The number of fused-ring (bicyclic) bond motifs is 3. The van der Waals surface area contributed by atoms with E-state index in [9.17, 15) is 39.0 Å². The molecule has 4 rings (SSSR count). The Morgan fingerprint density at radius 3 is 2.33 bits per heavy atom. The molecule has 0 aliphatic heterocycles. The molecule has 2 fully saturated rings. The molecule has 0 radical (unpaired) electrons. The maximum Gasteiger partial charge on any atom is 0.305 e. The lowest BCUT2D eigenvalue weighted by Gasteiger charge is -2.57. The van der Waals surface area contributed by atoms with Crippen molar-refractivity contribution in [3.05, 3.63) is 29.3 Å². The lowest BCUT2D eigenvalue weighted by molar-refractivity contribution is -0.206. The SMILES string of the molecule is CCC(=O)O[C@@H]1[C@@H]2C(C(=O)c3c(O)cccc3[C@H]2CCCCC(C)C)C(=O)[C@@]2(O)C(=O)C(C(N)=O)C(=O)[C@H](N(C)C)[C@@H]12. The molecule has 2 unspecified atom stereocenters. The number of ether oxygens (including phenoxy) is 1. The summed E-state index contributed by atoms with van der Waals surface area (Å²) in [5.74, 6) is -13.3. The molecule has 4 N–H and O–H groups in total. The molecule has 2 saturated carbocycles. The van der Waals surface area contributed by atoms with E-state index in [1.165, 1.54) is 25.1 Å². The number of nitrogens with zero attached hydrogens (tertiary/aromatic N) is 1. The zero-order valence-corrected chi connectivity index (χ0v) is 24.7. The Morgan fingerprint density at radius 2 is 1.76 bits per heavy atom. The van der Waals surface area contributed by atoms with Crippen molar-refractivity contribution in [2.45, 2.75) is 76.5 Å². The van der Waals surface area contributed by atoms with Gasteiger partial charge >= 0.3 is 5.97 Å². The third kappa shape index (κ3) is 4.86. The number of carbonyl (C=O) groups is 6. The Bertz CT molecular complexity index is 1320. The largest absolute Gasteiger partial charge is 0.507 e. The van der Waals surface area contributed by atoms with Gasteiger partial charge in [-0.05, 0) is 44.0 Å². The number of Topliss-reactive ketones (excluding diaryl/α,β-unsaturated/α-hetero) is 4. The minimum Gasteiger partial charge on any atom is -0.507 e. The van der Waals surface area contributed by atoms with Gasteiger partial charge in [0.05, 0.1) is 23.4 Å². The summed E-state index contributed by atoms with van der Waals surface area (Å²) < 4.78 is 5.92. The number of likely N-dealkylation sites (N-methyl/N-ethyl adjacent to an activating group) is 1. The van der Waals surface area contributed by atoms with Gasteiger partial charge in [0, 0.05) is 12.3 Å². The lowest BCUT2D eigenvalue weighted by atomic mass is 9.49. The van der Waals surface area contributed by atoms with Crippen molar-refractivity contribution < 1.29 is 43.7 Å². The number of unbranched alkanes of at least 4 members (excludes halogenated alkanes) is 1. The van der Waals surface area contributed by atoms with E-state index in [1.54, 1.807) is 19.1 Å². The predicted molar refractivity (Wildman–Crippen MR) is 149 cm³/mol. The standard InChI is InChI=1S/C31H40N2O9/c1-6-18(35)42-27-20-16(11-8-7-10-14(2)3)15-12-9-13-17(34)19(15)25(36)21(20)28(38)31(41)23(27)24(33(4)5)26(37)22(29(31)39)30(32)40/h9,12-14,16,20-24,27,34,41H,6-8,10-11H2,1-5H3,(H2,32,40)/t16-,20+,21?,22?,23+,24-,27-,31-/m1/s1. The summed E-state index contributed by atoms with van der Waals surface area (Å²) in [6, 6.07) is 3.18. The predicted octanol–water partition coefficient (Wildman–Crippen LogP) is 1.56. The Kier molecular flexibility index (Phi) is 8.76. The van der Waals surface area contributed by atoms with Crippen LogP contribution in [0.1, 0.15) is 74.7 Å². The molecular formula is C31H40N2O9. The number of phenols is 1. The molecule has 42 heavy (non-hydrogen) atoms. The minimum absolute atomic E-state index is 0.0847. The van der Waals surface area contributed by atoms with Crippen molar-refractivity contribution >= 4 is 35.0 Å². The molecule has 1 aromatic rings. The number of amides is 1. The smallest absolute Gasteiger partial charge is 0.305 e. The molecule has 11 nitrogen and oxygen atoms in total. The van der Waals surface area contributed by atoms with Crippen LogP contribution in [0, 0.1) is 29.6 Å². The van der Waals surface area contributed by atoms with E-state index in [0.717, 1.165) is 12.8 Å². The molecule has 228 valence electrons. The molecule has 0 spiro atoms. The maximum atomic E-state index is 14.4. The van der Waals surface area contributed by atoms with Gasteiger partial charge in [-0.25, -0.2) is 0 Å². The van der Waals surface area contributed by atoms with Gasteiger partial charge in [0.15, 0.2) is 34.7 Å². The van der Waals surface area contributed by atoms with Gasteiger partial charge in [-0.1, -0.05) is 52.2 Å². The van der Waals surface area contributed by atoms with E-state index in [2.05, 4.69) is 13.8 Å². The van der Waals surface area contributed by atoms with Crippen LogP contribution in [0.25, 0.3) is 0 Å². The number of benzene rings is 1. The second kappa shape index (κ2) is 11.7. The molecule has 0 bridgehead atoms. The summed E-state index contributed by atoms with van der Waals surface area (Å²) >= 11 is 0. The van der Waals surface area contributed by atoms with Crippen LogP contribution in [0.15, 0.2) is 18.2 Å². The number of rotatable bonds is 9. The van der Waals surface area contributed by atoms with Crippen molar-refractivity contribution in [1.82, 2.24) is 4.90 Å². The number of aromatic hydroxyl groups is 1. The van der Waals surface area contributed by atoms with E-state index in [1.807, 2.05) is 0 Å². The third-order valence-electron chi connectivity index (χ3n) is 9.22. The van der Waals surface area contributed by atoms with Gasteiger partial charge < -0.3 is 20.7 Å². The monoisotopic (exact) mass is 584 g/mol. The number of phenolic OH excluding ortho intramolecular Hbond substituents is 1. The number of ketones is 4. The highest BCUT2D eigenvalue weighted by Crippen LogP contribution is 2.56. The molecule has 0 heterocycles. The van der Waals surface area contributed by atoms with Crippen molar-refractivity contribution in [1.29, 1.82) is 0 Å². The van der Waals surface area contributed by atoms with Crippen LogP contribution >= 0.6 is 0 Å². The zero-order valence-electron chi connectivity index (χ0n) is 24.7. The van der Waals surface area contributed by atoms with Gasteiger partial charge in [0.2, 0.25) is 5.91 Å². The average molecular weight is 585 g/mol. The van der Waals surface area contributed by atoms with E-state index >= 15 is 0 Å². The number of hydrogen-bond acceptors (Lipinski definition) is 10. The molecule has 0 saturated heterocycles. The third-order valence-corrected chi connectivity index (χ3v) is 9.22. The Balaban J connectivity index is 1.98. The molecule has 11 heteroatoms. The highest BCUT2D eigenvalue weighted by Gasteiger charge is 2.74. The van der Waals surface area contributed by atoms with Crippen molar-refractivity contribution in [3.63, 3.8) is 0 Å². The fourth-order valence-electron chi connectivity index (χ4n) is 7.38. The van der Waals surface area contributed by atoms with Crippen LogP contribution < -0.4 is 5.73 Å². The van der Waals surface area contributed by atoms with Crippen LogP contribution in [0.5, 0.6) is 5.75 Å². The van der Waals surface area contributed by atoms with Gasteiger partial charge in [-0.3, -0.25) is 33.7 Å². The second-order valence-electron chi connectivity index (χ2n) is 12.4. The number of hydrogen-bond donors (Lipinski definition) is 3. The molecule has 1 amide bonds. The number of nitrogens with two attached hydrogens (primary N) is 1. The van der Waals surface area contributed by atoms with Crippen LogP contribution in [-0.2, 0) is 28.7 Å². The van der Waals surface area contributed by atoms with Gasteiger partial charge in [0.25, 0.3) is 0 Å². The van der Waals surface area contributed by atoms with E-state index in [-0.39, 0.29) is 17.7 Å². The summed E-state index contributed by atoms with van der Waals surface area (Å²) in [5.41, 5.74) is 2.79. The van der Waals surface area contributed by atoms with E-state index in [4.69, 9.17) is 10.5 Å². The molecule has 1 aromatic carbocycles. The van der Waals surface area contributed by atoms with Crippen molar-refractivity contribution in [2.24, 2.45) is 35.3 Å². The van der Waals surface area contributed by atoms with Crippen molar-refractivity contribution in [2.75, 3.05) is 14.1 Å². The molecular weight excluding hydrogens is 544 g/mol. The highest BCUT2D eigenvalue weighted by atomic mass is 16.5. The summed E-state index contributed by atoms with van der Waals surface area (Å²) in [4.78, 5) is 82.4. The normalized spacial score (nSPS) is 32.4. The first-order valence-electron chi connectivity index (χ1n) is 14.6. The van der Waals surface area contributed by atoms with E-state index in [0.29, 0.717) is 24.3 Å². The lowest BCUT2D eigenvalue weighted by Crippen LogP contribution is -2.78. The van der Waals surface area contributed by atoms with Crippen molar-refractivity contribution in [3.8, 4) is 5.75 Å². The topological polar surface area (TPSA) is 181 Å². The first-order chi connectivity index (χ1) is 19.7. The summed E-state index contributed by atoms with van der Waals surface area (Å²) in [5, 5.41) is 22.9. The Hall–Kier alpha value is -3.44. The second-order valence-corrected chi connectivity index (χ2v) is 12.4. The number of carbonyl (C=O) groups excluding carboxylic acids is 6. The summed E-state index contributed by atoms with van der Waals surface area (Å²) in [7, 11) is 2.96. The van der Waals surface area contributed by atoms with Crippen LogP contribution in [-0.4, -0.2) is 82.0 Å². The van der Waals surface area contributed by atoms with E-state index < -0.39 is 82.3 Å². The molecule has 0 aromatic heterocycles. The maximum absolute atomic E-state index is 14.4. The quantitative estimate of drug-likeness (QED) is 0.219. The highest BCUT2D eigenvalue weighted by molar-refractivity contribution is 6.32. The van der Waals surface area contributed by atoms with Crippen LogP contribution in [0.2, 0.25) is 0 Å². The Morgan fingerprint density at radius 1 is 1.10 bits per heavy atom. The first-order valence-corrected chi connectivity index (χ1v) is 14.6. The number of primary amides is 1. The van der Waals surface area contributed by atoms with Gasteiger partial charge in [-0.15, -0.1) is 0 Å². The first kappa shape index (κ1) is 31.5. The zero-order chi connectivity index (χ0) is 31.3. The Labute approximate surface area is 244 Å². The fraction of sp³-hybridized carbons (Fsp3) is 0.613. The minimum atomic E-state index is -3.03. The summed E-state index contributed by atoms with van der Waals surface area (Å²) in [6.07, 6.45) is 1.40. The molecule has 3 aliphatic carbocycles. The average Bonchev–Trinajstić information content (AvgIpc) is 2.90. The van der Waals surface area contributed by atoms with Crippen LogP contribution in [0.4, 0.5) is 0 Å². The molecule has 8 atom stereocenters. The summed E-state index contributed by atoms with van der Waals surface area (Å²) in [6.45, 7) is 5.75. The van der Waals surface area contributed by atoms with Gasteiger partial charge in [-0.2, -0.15) is 0 Å². The fourth-order valence-corrected chi connectivity index (χ4v) is 7.38. The molecule has 3 aliphatic rings. The van der Waals surface area contributed by atoms with Gasteiger partial charge in [0.1, 0.15) is 11.9 Å².